The number of alkyl halides is 3. The SMILES string of the molecule is CN1C(=O)NCC1C(=O)N(C)[C@@H](c1ccc(NC2Cc3ccc(Cl)cc3C2)cn1)C(F)(F)F. The molecular weight excluding hydrogens is 459 g/mol. The third-order valence-electron chi connectivity index (χ3n) is 6.10. The van der Waals surface area contributed by atoms with Gasteiger partial charge in [-0.25, -0.2) is 4.79 Å². The molecule has 3 atom stereocenters. The maximum absolute atomic E-state index is 13.9. The number of nitrogens with zero attached hydrogens (tertiary/aromatic N) is 3. The number of carbonyl (C=O) groups excluding carboxylic acids is 2. The summed E-state index contributed by atoms with van der Waals surface area (Å²) in [5.74, 6) is -0.815. The van der Waals surface area contributed by atoms with Gasteiger partial charge in [0.05, 0.1) is 17.6 Å². The molecule has 1 fully saturated rings. The van der Waals surface area contributed by atoms with Gasteiger partial charge in [-0.15, -0.1) is 0 Å². The molecule has 0 bridgehead atoms. The molecule has 1 aromatic heterocycles. The zero-order valence-electron chi connectivity index (χ0n) is 18.0. The van der Waals surface area contributed by atoms with Gasteiger partial charge in [0, 0.05) is 31.7 Å². The van der Waals surface area contributed by atoms with E-state index < -0.39 is 30.2 Å². The number of nitrogens with one attached hydrogen (secondary N) is 2. The molecule has 2 heterocycles. The second kappa shape index (κ2) is 8.74. The van der Waals surface area contributed by atoms with Crippen LogP contribution < -0.4 is 10.6 Å². The number of urea groups is 1. The molecule has 11 heteroatoms. The number of halogens is 4. The number of fused-ring (bicyclic) bond motifs is 1. The lowest BCUT2D eigenvalue weighted by Gasteiger charge is -2.32. The number of hydrogen-bond acceptors (Lipinski definition) is 4. The third-order valence-corrected chi connectivity index (χ3v) is 6.34. The maximum atomic E-state index is 13.9. The van der Waals surface area contributed by atoms with Gasteiger partial charge in [0.2, 0.25) is 5.91 Å². The largest absolute Gasteiger partial charge is 0.414 e. The molecule has 2 aromatic rings. The lowest BCUT2D eigenvalue weighted by molar-refractivity contribution is -0.191. The number of anilines is 1. The van der Waals surface area contributed by atoms with Crippen LogP contribution in [0.25, 0.3) is 0 Å². The summed E-state index contributed by atoms with van der Waals surface area (Å²) in [6.45, 7) is -0.0473. The minimum Gasteiger partial charge on any atom is -0.380 e. The second-order valence-electron chi connectivity index (χ2n) is 8.34. The standard InChI is InChI=1S/C22H23ClF3N5O2/c1-30-18(11-28-21(30)33)20(32)31(2)19(22(24,25)26)17-6-5-15(10-27-17)29-16-8-12-3-4-14(23)7-13(12)9-16/h3-7,10,16,18-19,29H,8-9,11H2,1-2H3,(H,28,33)/t16?,18?,19-/m0/s1. The summed E-state index contributed by atoms with van der Waals surface area (Å²) in [5.41, 5.74) is 2.61. The summed E-state index contributed by atoms with van der Waals surface area (Å²) in [6, 6.07) is 4.87. The van der Waals surface area contributed by atoms with Crippen molar-refractivity contribution in [2.45, 2.75) is 37.1 Å². The Hall–Kier alpha value is -3.01. The summed E-state index contributed by atoms with van der Waals surface area (Å²) in [4.78, 5) is 30.1. The van der Waals surface area contributed by atoms with Gasteiger partial charge in [-0.1, -0.05) is 17.7 Å². The van der Waals surface area contributed by atoms with E-state index in [4.69, 9.17) is 11.6 Å². The van der Waals surface area contributed by atoms with Crippen molar-refractivity contribution in [3.63, 3.8) is 0 Å². The van der Waals surface area contributed by atoms with Crippen molar-refractivity contribution in [1.82, 2.24) is 20.1 Å². The monoisotopic (exact) mass is 481 g/mol. The topological polar surface area (TPSA) is 77.6 Å². The highest BCUT2D eigenvalue weighted by Gasteiger charge is 2.48. The number of hydrogen-bond donors (Lipinski definition) is 2. The van der Waals surface area contributed by atoms with Crippen molar-refractivity contribution in [2.75, 3.05) is 26.0 Å². The van der Waals surface area contributed by atoms with E-state index in [0.29, 0.717) is 15.6 Å². The van der Waals surface area contributed by atoms with Crippen LogP contribution in [0.1, 0.15) is 22.9 Å². The summed E-state index contributed by atoms with van der Waals surface area (Å²) in [6.07, 6.45) is -1.87. The molecule has 0 radical (unpaired) electrons. The van der Waals surface area contributed by atoms with Crippen LogP contribution in [-0.2, 0) is 17.6 Å². The fraction of sp³-hybridized carbons (Fsp3) is 0.409. The molecule has 0 spiro atoms. The van der Waals surface area contributed by atoms with Gasteiger partial charge >= 0.3 is 12.2 Å². The Kier molecular flexibility index (Phi) is 6.13. The molecule has 4 rings (SSSR count). The molecule has 33 heavy (non-hydrogen) atoms. The van der Waals surface area contributed by atoms with E-state index in [1.807, 2.05) is 18.2 Å². The number of rotatable bonds is 5. The van der Waals surface area contributed by atoms with Gasteiger partial charge in [-0.2, -0.15) is 13.2 Å². The predicted octanol–water partition coefficient (Wildman–Crippen LogP) is 3.40. The number of carbonyl (C=O) groups is 2. The van der Waals surface area contributed by atoms with Gasteiger partial charge in [0.1, 0.15) is 6.04 Å². The van der Waals surface area contributed by atoms with Gasteiger partial charge in [0.15, 0.2) is 6.04 Å². The Labute approximate surface area is 193 Å². The molecule has 2 N–H and O–H groups in total. The summed E-state index contributed by atoms with van der Waals surface area (Å²) >= 11 is 6.05. The van der Waals surface area contributed by atoms with Crippen LogP contribution in [0.15, 0.2) is 36.5 Å². The zero-order valence-corrected chi connectivity index (χ0v) is 18.7. The first-order chi connectivity index (χ1) is 15.5. The molecule has 1 aliphatic heterocycles. The van der Waals surface area contributed by atoms with Crippen molar-refractivity contribution in [2.24, 2.45) is 0 Å². The molecule has 3 amide bonds. The van der Waals surface area contributed by atoms with E-state index in [1.54, 1.807) is 0 Å². The van der Waals surface area contributed by atoms with Gasteiger partial charge in [0.25, 0.3) is 0 Å². The van der Waals surface area contributed by atoms with E-state index in [1.165, 1.54) is 30.9 Å². The van der Waals surface area contributed by atoms with Crippen LogP contribution in [0.3, 0.4) is 0 Å². The molecule has 1 aromatic carbocycles. The molecule has 2 aliphatic rings. The number of pyridine rings is 1. The highest BCUT2D eigenvalue weighted by molar-refractivity contribution is 6.30. The molecule has 2 unspecified atom stereocenters. The maximum Gasteiger partial charge on any atom is 0.414 e. The molecule has 1 aliphatic carbocycles. The minimum atomic E-state index is -4.74. The Morgan fingerprint density at radius 1 is 1.27 bits per heavy atom. The second-order valence-corrected chi connectivity index (χ2v) is 8.78. The summed E-state index contributed by atoms with van der Waals surface area (Å²) in [7, 11) is 2.45. The minimum absolute atomic E-state index is 0.0473. The average molecular weight is 482 g/mol. The average Bonchev–Trinajstić information content (AvgIpc) is 3.30. The highest BCUT2D eigenvalue weighted by atomic mass is 35.5. The first kappa shape index (κ1) is 23.2. The van der Waals surface area contributed by atoms with Crippen LogP contribution in [-0.4, -0.2) is 65.6 Å². The lowest BCUT2D eigenvalue weighted by Crippen LogP contribution is -2.49. The van der Waals surface area contributed by atoms with E-state index in [-0.39, 0.29) is 18.3 Å². The summed E-state index contributed by atoms with van der Waals surface area (Å²) in [5, 5.41) is 6.42. The molecule has 0 saturated carbocycles. The number of amides is 3. The van der Waals surface area contributed by atoms with Gasteiger partial charge in [-0.05, 0) is 48.2 Å². The van der Waals surface area contributed by atoms with E-state index in [0.717, 1.165) is 30.4 Å². The van der Waals surface area contributed by atoms with Crippen LogP contribution >= 0.6 is 11.6 Å². The zero-order chi connectivity index (χ0) is 23.9. The van der Waals surface area contributed by atoms with Crippen LogP contribution in [0.4, 0.5) is 23.7 Å². The highest BCUT2D eigenvalue weighted by Crippen LogP contribution is 2.37. The smallest absolute Gasteiger partial charge is 0.380 e. The Balaban J connectivity index is 1.48. The van der Waals surface area contributed by atoms with E-state index >= 15 is 0 Å². The van der Waals surface area contributed by atoms with Crippen molar-refractivity contribution in [1.29, 1.82) is 0 Å². The number of aromatic nitrogens is 1. The van der Waals surface area contributed by atoms with E-state index in [2.05, 4.69) is 15.6 Å². The van der Waals surface area contributed by atoms with Crippen molar-refractivity contribution >= 4 is 29.2 Å². The van der Waals surface area contributed by atoms with Crippen LogP contribution in [0.5, 0.6) is 0 Å². The number of benzene rings is 1. The van der Waals surface area contributed by atoms with Crippen molar-refractivity contribution in [3.8, 4) is 0 Å². The quantitative estimate of drug-likeness (QED) is 0.686. The first-order valence-electron chi connectivity index (χ1n) is 10.4. The molecule has 1 saturated heterocycles. The van der Waals surface area contributed by atoms with Crippen LogP contribution in [0.2, 0.25) is 5.02 Å². The van der Waals surface area contributed by atoms with Gasteiger partial charge < -0.3 is 20.4 Å². The fourth-order valence-corrected chi connectivity index (χ4v) is 4.56. The fourth-order valence-electron chi connectivity index (χ4n) is 4.37. The number of likely N-dealkylation sites (N-methyl/N-ethyl adjacent to an activating group) is 2. The van der Waals surface area contributed by atoms with Crippen molar-refractivity contribution < 1.29 is 22.8 Å². The molecule has 7 nitrogen and oxygen atoms in total. The predicted molar refractivity (Wildman–Crippen MR) is 117 cm³/mol. The molecular formula is C22H23ClF3N5O2. The van der Waals surface area contributed by atoms with Crippen LogP contribution in [0, 0.1) is 0 Å². The van der Waals surface area contributed by atoms with Crippen molar-refractivity contribution in [3.05, 3.63) is 58.4 Å². The van der Waals surface area contributed by atoms with E-state index in [9.17, 15) is 22.8 Å². The lowest BCUT2D eigenvalue weighted by atomic mass is 10.1. The first-order valence-corrected chi connectivity index (χ1v) is 10.8. The Bertz CT molecular complexity index is 1060. The Morgan fingerprint density at radius 2 is 2.00 bits per heavy atom. The molecule has 176 valence electrons. The normalized spacial score (nSPS) is 20.9. The Morgan fingerprint density at radius 3 is 2.61 bits per heavy atom. The summed E-state index contributed by atoms with van der Waals surface area (Å²) < 4.78 is 41.8. The van der Waals surface area contributed by atoms with Gasteiger partial charge in [-0.3, -0.25) is 9.78 Å². The third kappa shape index (κ3) is 4.71.